The summed E-state index contributed by atoms with van der Waals surface area (Å²) >= 11 is 6.01. The summed E-state index contributed by atoms with van der Waals surface area (Å²) in [5.41, 5.74) is 0.562. The minimum atomic E-state index is -1.52. The molecule has 21 heavy (non-hydrogen) atoms. The van der Waals surface area contributed by atoms with Crippen LogP contribution >= 0.6 is 11.6 Å². The average molecular weight is 306 g/mol. The maximum Gasteiger partial charge on any atom is 0.260 e. The van der Waals surface area contributed by atoms with E-state index >= 15 is 0 Å². The van der Waals surface area contributed by atoms with Crippen LogP contribution in [0.2, 0.25) is 5.02 Å². The topological polar surface area (TPSA) is 58.4 Å². The Hall–Kier alpha value is -1.85. The largest absolute Gasteiger partial charge is 0.374 e. The van der Waals surface area contributed by atoms with Crippen LogP contribution in [-0.2, 0) is 17.4 Å². The molecule has 1 aliphatic rings. The minimum Gasteiger partial charge on any atom is -0.374 e. The lowest BCUT2D eigenvalue weighted by atomic mass is 9.97. The highest BCUT2D eigenvalue weighted by Crippen LogP contribution is 2.34. The van der Waals surface area contributed by atoms with Crippen LogP contribution in [0.15, 0.2) is 30.3 Å². The van der Waals surface area contributed by atoms with E-state index in [1.54, 1.807) is 30.9 Å². The second-order valence-corrected chi connectivity index (χ2v) is 5.82. The summed E-state index contributed by atoms with van der Waals surface area (Å²) in [6.07, 6.45) is 0.355. The number of nitrogens with zero attached hydrogens (tertiary/aromatic N) is 3. The highest BCUT2D eigenvalue weighted by Gasteiger charge is 2.47. The van der Waals surface area contributed by atoms with Gasteiger partial charge in [-0.05, 0) is 18.2 Å². The number of halogens is 1. The van der Waals surface area contributed by atoms with Crippen LogP contribution in [0.3, 0.4) is 0 Å². The Kier molecular flexibility index (Phi) is 3.26. The normalized spacial score (nSPS) is 22.1. The van der Waals surface area contributed by atoms with Crippen molar-refractivity contribution in [2.75, 3.05) is 13.6 Å². The van der Waals surface area contributed by atoms with Crippen molar-refractivity contribution in [3.05, 3.63) is 41.0 Å². The van der Waals surface area contributed by atoms with Gasteiger partial charge < -0.3 is 10.0 Å². The molecule has 0 unspecified atom stereocenters. The van der Waals surface area contributed by atoms with E-state index in [1.165, 1.54) is 4.90 Å². The SMILES string of the molecule is CN1CC[C@@](O)(c2cc(-c3cccc(Cl)c3)n(C)n2)C1=O. The molecule has 0 spiro atoms. The van der Waals surface area contributed by atoms with Gasteiger partial charge in [0.15, 0.2) is 5.60 Å². The number of carbonyl (C=O) groups excluding carboxylic acids is 1. The van der Waals surface area contributed by atoms with E-state index < -0.39 is 5.60 Å². The quantitative estimate of drug-likeness (QED) is 0.920. The van der Waals surface area contributed by atoms with Gasteiger partial charge in [-0.1, -0.05) is 23.7 Å². The molecule has 0 radical (unpaired) electrons. The molecular formula is C15H16ClN3O2. The van der Waals surface area contributed by atoms with Gasteiger partial charge in [0.25, 0.3) is 5.91 Å². The van der Waals surface area contributed by atoms with Gasteiger partial charge in [0.2, 0.25) is 0 Å². The van der Waals surface area contributed by atoms with Crippen molar-refractivity contribution in [1.29, 1.82) is 0 Å². The van der Waals surface area contributed by atoms with Gasteiger partial charge in [-0.25, -0.2) is 0 Å². The van der Waals surface area contributed by atoms with Crippen LogP contribution in [0.1, 0.15) is 12.1 Å². The first-order valence-electron chi connectivity index (χ1n) is 6.70. The molecule has 0 bridgehead atoms. The fourth-order valence-corrected chi connectivity index (χ4v) is 2.87. The Balaban J connectivity index is 2.05. The lowest BCUT2D eigenvalue weighted by molar-refractivity contribution is -0.143. The molecule has 1 aromatic carbocycles. The Morgan fingerprint density at radius 3 is 2.71 bits per heavy atom. The van der Waals surface area contributed by atoms with E-state index in [4.69, 9.17) is 11.6 Å². The molecular weight excluding hydrogens is 290 g/mol. The number of aliphatic hydroxyl groups is 1. The average Bonchev–Trinajstić information content (AvgIpc) is 2.96. The van der Waals surface area contributed by atoms with Crippen molar-refractivity contribution in [3.8, 4) is 11.3 Å². The highest BCUT2D eigenvalue weighted by atomic mass is 35.5. The third-order valence-electron chi connectivity index (χ3n) is 3.93. The Bertz CT molecular complexity index is 713. The first-order valence-corrected chi connectivity index (χ1v) is 7.08. The summed E-state index contributed by atoms with van der Waals surface area (Å²) in [5, 5.41) is 15.6. The smallest absolute Gasteiger partial charge is 0.260 e. The van der Waals surface area contributed by atoms with Crippen molar-refractivity contribution >= 4 is 17.5 Å². The number of benzene rings is 1. The van der Waals surface area contributed by atoms with Crippen molar-refractivity contribution in [2.24, 2.45) is 7.05 Å². The monoisotopic (exact) mass is 305 g/mol. The minimum absolute atomic E-state index is 0.307. The lowest BCUT2D eigenvalue weighted by Gasteiger charge is -2.17. The lowest BCUT2D eigenvalue weighted by Crippen LogP contribution is -2.36. The number of rotatable bonds is 2. The number of aromatic nitrogens is 2. The number of likely N-dealkylation sites (tertiary alicyclic amines) is 1. The third-order valence-corrected chi connectivity index (χ3v) is 4.17. The zero-order valence-corrected chi connectivity index (χ0v) is 12.6. The molecule has 1 saturated heterocycles. The molecule has 1 fully saturated rings. The van der Waals surface area contributed by atoms with Crippen LogP contribution in [-0.4, -0.2) is 39.3 Å². The molecule has 2 heterocycles. The van der Waals surface area contributed by atoms with E-state index in [0.29, 0.717) is 23.7 Å². The molecule has 1 N–H and O–H groups in total. The summed E-state index contributed by atoms with van der Waals surface area (Å²) in [5.74, 6) is -0.307. The van der Waals surface area contributed by atoms with Gasteiger partial charge in [-0.2, -0.15) is 5.10 Å². The van der Waals surface area contributed by atoms with Gasteiger partial charge >= 0.3 is 0 Å². The summed E-state index contributed by atoms with van der Waals surface area (Å²) < 4.78 is 1.66. The third kappa shape index (κ3) is 2.22. The van der Waals surface area contributed by atoms with E-state index in [9.17, 15) is 9.90 Å². The van der Waals surface area contributed by atoms with Gasteiger partial charge in [-0.3, -0.25) is 9.48 Å². The van der Waals surface area contributed by atoms with Crippen molar-refractivity contribution < 1.29 is 9.90 Å². The van der Waals surface area contributed by atoms with Gasteiger partial charge in [0.05, 0.1) is 5.69 Å². The highest BCUT2D eigenvalue weighted by molar-refractivity contribution is 6.30. The molecule has 1 aliphatic heterocycles. The fourth-order valence-electron chi connectivity index (χ4n) is 2.68. The van der Waals surface area contributed by atoms with Gasteiger partial charge in [-0.15, -0.1) is 0 Å². The Labute approximate surface area is 127 Å². The Morgan fingerprint density at radius 1 is 1.33 bits per heavy atom. The van der Waals surface area contributed by atoms with Gasteiger partial charge in [0, 0.05) is 37.6 Å². The van der Waals surface area contributed by atoms with Crippen molar-refractivity contribution in [3.63, 3.8) is 0 Å². The van der Waals surface area contributed by atoms with E-state index in [0.717, 1.165) is 11.3 Å². The first kappa shape index (κ1) is 14.1. The number of hydrogen-bond acceptors (Lipinski definition) is 3. The van der Waals surface area contributed by atoms with E-state index in [2.05, 4.69) is 5.10 Å². The van der Waals surface area contributed by atoms with E-state index in [1.807, 2.05) is 18.2 Å². The van der Waals surface area contributed by atoms with Crippen molar-refractivity contribution in [2.45, 2.75) is 12.0 Å². The first-order chi connectivity index (χ1) is 9.91. The predicted octanol–water partition coefficient (Wildman–Crippen LogP) is 1.79. The van der Waals surface area contributed by atoms with Crippen LogP contribution in [0.25, 0.3) is 11.3 Å². The number of aryl methyl sites for hydroxylation is 1. The maximum absolute atomic E-state index is 12.1. The standard InChI is InChI=1S/C15H16ClN3O2/c1-18-7-6-15(21,14(18)20)13-9-12(19(2)17-13)10-4-3-5-11(16)8-10/h3-5,8-9,21H,6-7H2,1-2H3/t15-/m1/s1. The summed E-state index contributed by atoms with van der Waals surface area (Å²) in [6, 6.07) is 9.15. The summed E-state index contributed by atoms with van der Waals surface area (Å²) in [7, 11) is 3.47. The molecule has 0 aliphatic carbocycles. The molecule has 1 amide bonds. The molecule has 1 aromatic heterocycles. The second-order valence-electron chi connectivity index (χ2n) is 5.39. The van der Waals surface area contributed by atoms with Crippen molar-refractivity contribution in [1.82, 2.24) is 14.7 Å². The molecule has 3 rings (SSSR count). The molecule has 2 aromatic rings. The molecule has 5 nitrogen and oxygen atoms in total. The van der Waals surface area contributed by atoms with Crippen LogP contribution < -0.4 is 0 Å². The summed E-state index contributed by atoms with van der Waals surface area (Å²) in [4.78, 5) is 13.7. The van der Waals surface area contributed by atoms with Crippen LogP contribution in [0.4, 0.5) is 0 Å². The predicted molar refractivity (Wildman–Crippen MR) is 79.8 cm³/mol. The summed E-state index contributed by atoms with van der Waals surface area (Å²) in [6.45, 7) is 0.526. The van der Waals surface area contributed by atoms with Gasteiger partial charge in [0.1, 0.15) is 5.69 Å². The molecule has 1 atom stereocenters. The van der Waals surface area contributed by atoms with E-state index in [-0.39, 0.29) is 5.91 Å². The van der Waals surface area contributed by atoms with Crippen LogP contribution in [0, 0.1) is 0 Å². The molecule has 0 saturated carbocycles. The van der Waals surface area contributed by atoms with Crippen LogP contribution in [0.5, 0.6) is 0 Å². The Morgan fingerprint density at radius 2 is 2.10 bits per heavy atom. The molecule has 6 heteroatoms. The number of carbonyl (C=O) groups is 1. The number of likely N-dealkylation sites (N-methyl/N-ethyl adjacent to an activating group) is 1. The number of hydrogen-bond donors (Lipinski definition) is 1. The zero-order chi connectivity index (χ0) is 15.2. The fraction of sp³-hybridized carbons (Fsp3) is 0.333. The number of amides is 1. The second kappa shape index (κ2) is 4.86. The zero-order valence-electron chi connectivity index (χ0n) is 11.9. The molecule has 110 valence electrons. The maximum atomic E-state index is 12.1.